The molecule has 2 aromatic rings. The van der Waals surface area contributed by atoms with E-state index in [1.165, 1.54) is 28.5 Å². The zero-order valence-electron chi connectivity index (χ0n) is 16.4. The highest BCUT2D eigenvalue weighted by molar-refractivity contribution is 8.14. The minimum Gasteiger partial charge on any atom is -0.346 e. The van der Waals surface area contributed by atoms with Crippen LogP contribution >= 0.6 is 11.8 Å². The first-order chi connectivity index (χ1) is 13.0. The normalized spacial score (nSPS) is 13.0. The van der Waals surface area contributed by atoms with Crippen LogP contribution in [0, 0.1) is 0 Å². The number of hydrogen-bond acceptors (Lipinski definition) is 3. The summed E-state index contributed by atoms with van der Waals surface area (Å²) >= 11 is 1.32. The van der Waals surface area contributed by atoms with E-state index in [1.807, 2.05) is 25.1 Å². The lowest BCUT2D eigenvalue weighted by Crippen LogP contribution is -2.37. The number of nitrogens with one attached hydrogen (secondary N) is 1. The summed E-state index contributed by atoms with van der Waals surface area (Å²) in [5.74, 6) is -0.0394. The molecule has 0 heterocycles. The lowest BCUT2D eigenvalue weighted by Gasteiger charge is -2.16. The average molecular weight is 384 g/mol. The highest BCUT2D eigenvalue weighted by Crippen LogP contribution is 2.22. The lowest BCUT2D eigenvalue weighted by atomic mass is 10.0. The molecule has 0 aromatic heterocycles. The van der Waals surface area contributed by atoms with Crippen LogP contribution in [0.5, 0.6) is 0 Å². The number of carbonyl (C=O) groups is 2. The molecular formula is C23H29NO2S. The second-order valence-corrected chi connectivity index (χ2v) is 8.35. The SMILES string of the molecule is CCCCC(=O)N[C@H](C)C(=O)S[C@@H](C)Cc1ccc(-c2ccccc2)cc1. The maximum Gasteiger partial charge on any atom is 0.220 e. The quantitative estimate of drug-likeness (QED) is 0.644. The third kappa shape index (κ3) is 7.22. The fourth-order valence-corrected chi connectivity index (χ4v) is 3.78. The Morgan fingerprint density at radius 3 is 2.22 bits per heavy atom. The van der Waals surface area contributed by atoms with E-state index in [0.717, 1.165) is 19.3 Å². The summed E-state index contributed by atoms with van der Waals surface area (Å²) in [6.45, 7) is 5.87. The number of carbonyl (C=O) groups excluding carboxylic acids is 2. The Kier molecular flexibility index (Phi) is 8.59. The molecule has 0 saturated carbocycles. The summed E-state index contributed by atoms with van der Waals surface area (Å²) in [4.78, 5) is 24.1. The van der Waals surface area contributed by atoms with Crippen molar-refractivity contribution in [2.45, 2.75) is 57.7 Å². The smallest absolute Gasteiger partial charge is 0.220 e. The third-order valence-corrected chi connectivity index (χ3v) is 5.54. The highest BCUT2D eigenvalue weighted by atomic mass is 32.2. The van der Waals surface area contributed by atoms with Gasteiger partial charge in [-0.25, -0.2) is 0 Å². The summed E-state index contributed by atoms with van der Waals surface area (Å²) in [6, 6.07) is 18.3. The summed E-state index contributed by atoms with van der Waals surface area (Å²) in [5.41, 5.74) is 3.61. The molecule has 2 aromatic carbocycles. The lowest BCUT2D eigenvalue weighted by molar-refractivity contribution is -0.124. The Balaban J connectivity index is 1.83. The fraction of sp³-hybridized carbons (Fsp3) is 0.391. The molecule has 1 N–H and O–H groups in total. The van der Waals surface area contributed by atoms with E-state index in [9.17, 15) is 9.59 Å². The minimum atomic E-state index is -0.442. The van der Waals surface area contributed by atoms with Crippen molar-refractivity contribution in [1.82, 2.24) is 5.32 Å². The van der Waals surface area contributed by atoms with E-state index in [-0.39, 0.29) is 16.3 Å². The zero-order valence-corrected chi connectivity index (χ0v) is 17.2. The van der Waals surface area contributed by atoms with Crippen molar-refractivity contribution < 1.29 is 9.59 Å². The number of hydrogen-bond donors (Lipinski definition) is 1. The standard InChI is InChI=1S/C23H29NO2S/c1-4-5-11-22(25)24-18(3)23(26)27-17(2)16-19-12-14-21(15-13-19)20-9-7-6-8-10-20/h6-10,12-15,17-18H,4-5,11,16H2,1-3H3,(H,24,25)/t17-,18+/m0/s1. The van der Waals surface area contributed by atoms with Gasteiger partial charge in [0, 0.05) is 11.7 Å². The number of unbranched alkanes of at least 4 members (excludes halogenated alkanes) is 1. The van der Waals surface area contributed by atoms with Gasteiger partial charge in [0.15, 0.2) is 0 Å². The van der Waals surface area contributed by atoms with Gasteiger partial charge in [-0.1, -0.05) is 86.6 Å². The maximum absolute atomic E-state index is 12.3. The first-order valence-corrected chi connectivity index (χ1v) is 10.5. The Morgan fingerprint density at radius 2 is 1.59 bits per heavy atom. The van der Waals surface area contributed by atoms with Gasteiger partial charge in [-0.05, 0) is 36.5 Å². The Labute approximate surface area is 166 Å². The highest BCUT2D eigenvalue weighted by Gasteiger charge is 2.19. The van der Waals surface area contributed by atoms with Crippen molar-refractivity contribution in [3.05, 3.63) is 60.2 Å². The van der Waals surface area contributed by atoms with E-state index >= 15 is 0 Å². The van der Waals surface area contributed by atoms with Gasteiger partial charge >= 0.3 is 0 Å². The van der Waals surface area contributed by atoms with Crippen molar-refractivity contribution in [2.75, 3.05) is 0 Å². The second kappa shape index (κ2) is 10.9. The van der Waals surface area contributed by atoms with Crippen LogP contribution in [0.3, 0.4) is 0 Å². The molecule has 0 aliphatic rings. The Morgan fingerprint density at radius 1 is 0.963 bits per heavy atom. The van der Waals surface area contributed by atoms with Crippen molar-refractivity contribution in [3.8, 4) is 11.1 Å². The molecule has 1 amide bonds. The van der Waals surface area contributed by atoms with Crippen LogP contribution in [0.2, 0.25) is 0 Å². The molecule has 2 atom stereocenters. The van der Waals surface area contributed by atoms with Gasteiger partial charge in [-0.3, -0.25) is 9.59 Å². The predicted octanol–water partition coefficient (Wildman–Crippen LogP) is 5.24. The van der Waals surface area contributed by atoms with E-state index in [2.05, 4.69) is 48.6 Å². The van der Waals surface area contributed by atoms with Crippen molar-refractivity contribution in [2.24, 2.45) is 0 Å². The van der Waals surface area contributed by atoms with E-state index in [0.29, 0.717) is 6.42 Å². The Hall–Kier alpha value is -2.07. The van der Waals surface area contributed by atoms with E-state index < -0.39 is 6.04 Å². The maximum atomic E-state index is 12.3. The monoisotopic (exact) mass is 383 g/mol. The molecule has 0 bridgehead atoms. The van der Waals surface area contributed by atoms with Crippen LogP contribution in [0.25, 0.3) is 11.1 Å². The van der Waals surface area contributed by atoms with E-state index in [1.54, 1.807) is 6.92 Å². The number of benzene rings is 2. The summed E-state index contributed by atoms with van der Waals surface area (Å²) < 4.78 is 0. The van der Waals surface area contributed by atoms with Gasteiger partial charge < -0.3 is 5.32 Å². The molecule has 0 fully saturated rings. The minimum absolute atomic E-state index is 0.0215. The van der Waals surface area contributed by atoms with Crippen LogP contribution in [-0.2, 0) is 16.0 Å². The van der Waals surface area contributed by atoms with Gasteiger partial charge in [0.2, 0.25) is 11.0 Å². The molecule has 3 nitrogen and oxygen atoms in total. The van der Waals surface area contributed by atoms with Gasteiger partial charge in [0.1, 0.15) is 0 Å². The van der Waals surface area contributed by atoms with Crippen LogP contribution in [0.4, 0.5) is 0 Å². The van der Waals surface area contributed by atoms with Crippen molar-refractivity contribution in [1.29, 1.82) is 0 Å². The molecule has 0 unspecified atom stereocenters. The van der Waals surface area contributed by atoms with Crippen molar-refractivity contribution in [3.63, 3.8) is 0 Å². The number of thioether (sulfide) groups is 1. The fourth-order valence-electron chi connectivity index (χ4n) is 2.85. The van der Waals surface area contributed by atoms with Crippen molar-refractivity contribution >= 4 is 22.8 Å². The molecule has 2 rings (SSSR count). The van der Waals surface area contributed by atoms with Gasteiger partial charge in [-0.15, -0.1) is 0 Å². The summed E-state index contributed by atoms with van der Waals surface area (Å²) in [6.07, 6.45) is 3.14. The van der Waals surface area contributed by atoms with Crippen LogP contribution in [-0.4, -0.2) is 22.3 Å². The molecule has 0 aliphatic heterocycles. The molecule has 0 aliphatic carbocycles. The molecule has 0 spiro atoms. The van der Waals surface area contributed by atoms with Crippen LogP contribution < -0.4 is 5.32 Å². The molecular weight excluding hydrogens is 354 g/mol. The molecule has 144 valence electrons. The van der Waals surface area contributed by atoms with Gasteiger partial charge in [0.25, 0.3) is 0 Å². The average Bonchev–Trinajstić information content (AvgIpc) is 2.67. The predicted molar refractivity (Wildman–Crippen MR) is 115 cm³/mol. The van der Waals surface area contributed by atoms with E-state index in [4.69, 9.17) is 0 Å². The first kappa shape index (κ1) is 21.2. The zero-order chi connectivity index (χ0) is 19.6. The van der Waals surface area contributed by atoms with Gasteiger partial charge in [-0.2, -0.15) is 0 Å². The summed E-state index contributed by atoms with van der Waals surface area (Å²) in [7, 11) is 0. The molecule has 27 heavy (non-hydrogen) atoms. The second-order valence-electron chi connectivity index (χ2n) is 6.91. The summed E-state index contributed by atoms with van der Waals surface area (Å²) in [5, 5.41) is 2.98. The largest absolute Gasteiger partial charge is 0.346 e. The number of rotatable bonds is 9. The number of amides is 1. The molecule has 0 saturated heterocycles. The third-order valence-electron chi connectivity index (χ3n) is 4.39. The first-order valence-electron chi connectivity index (χ1n) is 9.63. The molecule has 0 radical (unpaired) electrons. The molecule has 4 heteroatoms. The topological polar surface area (TPSA) is 46.2 Å². The van der Waals surface area contributed by atoms with Gasteiger partial charge in [0.05, 0.1) is 6.04 Å². The van der Waals surface area contributed by atoms with Crippen LogP contribution in [0.1, 0.15) is 45.6 Å². The van der Waals surface area contributed by atoms with Crippen LogP contribution in [0.15, 0.2) is 54.6 Å². The Bertz CT molecular complexity index is 728.